The van der Waals surface area contributed by atoms with Crippen molar-refractivity contribution in [3.63, 3.8) is 0 Å². The van der Waals surface area contributed by atoms with E-state index in [0.717, 1.165) is 23.7 Å². The fourth-order valence-electron chi connectivity index (χ4n) is 2.86. The molecule has 0 atom stereocenters. The van der Waals surface area contributed by atoms with E-state index in [1.54, 1.807) is 12.3 Å². The summed E-state index contributed by atoms with van der Waals surface area (Å²) >= 11 is 0. The summed E-state index contributed by atoms with van der Waals surface area (Å²) < 4.78 is 0. The van der Waals surface area contributed by atoms with E-state index >= 15 is 0 Å². The second-order valence-corrected chi connectivity index (χ2v) is 13.1. The van der Waals surface area contributed by atoms with Crippen LogP contribution >= 0.6 is 15.8 Å². The highest BCUT2D eigenvalue weighted by Crippen LogP contribution is 2.46. The van der Waals surface area contributed by atoms with Crippen molar-refractivity contribution in [1.29, 1.82) is 0 Å². The van der Waals surface area contributed by atoms with Gasteiger partial charge in [-0.1, -0.05) is 55.4 Å². The van der Waals surface area contributed by atoms with Gasteiger partial charge >= 0.3 is 0 Å². The Morgan fingerprint density at radius 1 is 0.450 bits per heavy atom. The Labute approximate surface area is 132 Å². The lowest BCUT2D eigenvalue weighted by molar-refractivity contribution is 0.714. The van der Waals surface area contributed by atoms with Crippen molar-refractivity contribution in [2.75, 3.05) is 37.0 Å². The maximum Gasteiger partial charge on any atom is -0.0286 e. The van der Waals surface area contributed by atoms with E-state index in [1.165, 1.54) is 24.6 Å². The van der Waals surface area contributed by atoms with E-state index in [9.17, 15) is 0 Å². The summed E-state index contributed by atoms with van der Waals surface area (Å²) in [6.07, 6.45) is 9.11. The molecule has 0 unspecified atom stereocenters. The van der Waals surface area contributed by atoms with Crippen molar-refractivity contribution >= 4 is 15.8 Å². The third-order valence-electron chi connectivity index (χ3n) is 3.23. The molecule has 0 saturated heterocycles. The molecular weight excluding hydrogens is 278 g/mol. The lowest BCUT2D eigenvalue weighted by atomic mass is 10.3. The lowest BCUT2D eigenvalue weighted by Gasteiger charge is -2.27. The first-order chi connectivity index (χ1) is 9.20. The highest BCUT2D eigenvalue weighted by Gasteiger charge is 2.17. The summed E-state index contributed by atoms with van der Waals surface area (Å²) in [7, 11) is 0.588. The van der Waals surface area contributed by atoms with Crippen molar-refractivity contribution in [1.82, 2.24) is 0 Å². The average molecular weight is 318 g/mol. The Balaban J connectivity index is 4.35. The molecule has 0 saturated carbocycles. The summed E-state index contributed by atoms with van der Waals surface area (Å²) in [6, 6.07) is 0. The quantitative estimate of drug-likeness (QED) is 0.378. The van der Waals surface area contributed by atoms with Crippen LogP contribution in [0.15, 0.2) is 0 Å². The van der Waals surface area contributed by atoms with Crippen LogP contribution in [0.5, 0.6) is 0 Å². The Bertz CT molecular complexity index is 177. The molecule has 0 heterocycles. The minimum Gasteiger partial charge on any atom is -0.106 e. The third-order valence-corrected chi connectivity index (χ3v) is 10.3. The lowest BCUT2D eigenvalue weighted by Crippen LogP contribution is -2.10. The first-order valence-corrected chi connectivity index (χ1v) is 12.4. The van der Waals surface area contributed by atoms with Crippen LogP contribution in [0, 0.1) is 23.7 Å². The molecule has 0 aliphatic carbocycles. The summed E-state index contributed by atoms with van der Waals surface area (Å²) in [4.78, 5) is 0. The first kappa shape index (κ1) is 20.9. The molecule has 0 aliphatic heterocycles. The molecule has 122 valence electrons. The molecule has 0 aliphatic rings. The molecule has 0 radical (unpaired) electrons. The van der Waals surface area contributed by atoms with Gasteiger partial charge in [0.1, 0.15) is 0 Å². The maximum atomic E-state index is 2.40. The molecular formula is C18H40P2. The van der Waals surface area contributed by atoms with Crippen LogP contribution < -0.4 is 0 Å². The normalized spacial score (nSPS) is 12.9. The topological polar surface area (TPSA) is 0 Å². The van der Waals surface area contributed by atoms with E-state index in [0.29, 0.717) is 15.8 Å². The van der Waals surface area contributed by atoms with Gasteiger partial charge in [-0.2, -0.15) is 0 Å². The molecule has 0 nitrogen and oxygen atoms in total. The van der Waals surface area contributed by atoms with Gasteiger partial charge in [-0.05, 0) is 60.6 Å². The zero-order valence-corrected chi connectivity index (χ0v) is 17.2. The van der Waals surface area contributed by atoms with Gasteiger partial charge in [0, 0.05) is 0 Å². The molecule has 0 amide bonds. The summed E-state index contributed by atoms with van der Waals surface area (Å²) in [6.45, 7) is 19.2. The predicted octanol–water partition coefficient (Wildman–Crippen LogP) is 6.57. The van der Waals surface area contributed by atoms with Gasteiger partial charge in [-0.15, -0.1) is 15.8 Å². The maximum absolute atomic E-state index is 2.40. The standard InChI is InChI=1S/C18H40P2/c1-15(2)11-19(12-16(3)4)9-10-20(13-17(5)6)14-18(7)8/h15-18H,9-14H2,1-8H3. The fraction of sp³-hybridized carbons (Fsp3) is 1.00. The van der Waals surface area contributed by atoms with Crippen molar-refractivity contribution < 1.29 is 0 Å². The van der Waals surface area contributed by atoms with Crippen LogP contribution in [0.4, 0.5) is 0 Å². The van der Waals surface area contributed by atoms with E-state index in [-0.39, 0.29) is 0 Å². The summed E-state index contributed by atoms with van der Waals surface area (Å²) in [5.74, 6) is 3.56. The predicted molar refractivity (Wildman–Crippen MR) is 102 cm³/mol. The molecule has 0 aromatic heterocycles. The highest BCUT2D eigenvalue weighted by molar-refractivity contribution is 7.61. The van der Waals surface area contributed by atoms with E-state index in [1.807, 2.05) is 0 Å². The molecule has 20 heavy (non-hydrogen) atoms. The molecule has 2 heteroatoms. The fourth-order valence-corrected chi connectivity index (χ4v) is 10.3. The van der Waals surface area contributed by atoms with Crippen LogP contribution in [0.1, 0.15) is 55.4 Å². The number of hydrogen-bond donors (Lipinski definition) is 0. The van der Waals surface area contributed by atoms with Gasteiger partial charge in [0.25, 0.3) is 0 Å². The van der Waals surface area contributed by atoms with Gasteiger partial charge in [-0.3, -0.25) is 0 Å². The molecule has 0 aromatic carbocycles. The minimum atomic E-state index is 0.294. The molecule has 0 fully saturated rings. The van der Waals surface area contributed by atoms with Crippen LogP contribution in [0.2, 0.25) is 0 Å². The number of hydrogen-bond acceptors (Lipinski definition) is 0. The molecule has 0 bridgehead atoms. The molecule has 0 N–H and O–H groups in total. The first-order valence-electron chi connectivity index (χ1n) is 8.65. The molecule has 0 aromatic rings. The smallest absolute Gasteiger partial charge is 0.0286 e. The van der Waals surface area contributed by atoms with E-state index in [2.05, 4.69) is 55.4 Å². The van der Waals surface area contributed by atoms with Gasteiger partial charge in [-0.25, -0.2) is 0 Å². The Kier molecular flexibility index (Phi) is 11.9. The van der Waals surface area contributed by atoms with Crippen molar-refractivity contribution in [2.24, 2.45) is 23.7 Å². The minimum absolute atomic E-state index is 0.294. The van der Waals surface area contributed by atoms with Gasteiger partial charge in [0.15, 0.2) is 0 Å². The third kappa shape index (κ3) is 12.6. The second-order valence-electron chi connectivity index (χ2n) is 8.09. The van der Waals surface area contributed by atoms with Gasteiger partial charge in [0.05, 0.1) is 0 Å². The number of rotatable bonds is 11. The van der Waals surface area contributed by atoms with Crippen LogP contribution in [0.25, 0.3) is 0 Å². The summed E-state index contributed by atoms with van der Waals surface area (Å²) in [5, 5.41) is 0. The second kappa shape index (κ2) is 11.4. The average Bonchev–Trinajstić information content (AvgIpc) is 2.22. The Morgan fingerprint density at radius 2 is 0.650 bits per heavy atom. The van der Waals surface area contributed by atoms with Crippen LogP contribution in [-0.2, 0) is 0 Å². The van der Waals surface area contributed by atoms with Crippen molar-refractivity contribution in [3.8, 4) is 0 Å². The zero-order valence-electron chi connectivity index (χ0n) is 15.4. The zero-order chi connectivity index (χ0) is 15.7. The van der Waals surface area contributed by atoms with Gasteiger partial charge < -0.3 is 0 Å². The van der Waals surface area contributed by atoms with E-state index < -0.39 is 0 Å². The Morgan fingerprint density at radius 3 is 0.800 bits per heavy atom. The van der Waals surface area contributed by atoms with Crippen molar-refractivity contribution in [2.45, 2.75) is 55.4 Å². The van der Waals surface area contributed by atoms with Crippen LogP contribution in [-0.4, -0.2) is 37.0 Å². The van der Waals surface area contributed by atoms with Gasteiger partial charge in [0.2, 0.25) is 0 Å². The SMILES string of the molecule is CC(C)CP(CCP(CC(C)C)CC(C)C)CC(C)C. The Hall–Kier alpha value is 0.860. The largest absolute Gasteiger partial charge is 0.106 e. The van der Waals surface area contributed by atoms with E-state index in [4.69, 9.17) is 0 Å². The molecule has 0 rings (SSSR count). The summed E-state index contributed by atoms with van der Waals surface area (Å²) in [5.41, 5.74) is 0. The van der Waals surface area contributed by atoms with Crippen LogP contribution in [0.3, 0.4) is 0 Å². The monoisotopic (exact) mass is 318 g/mol. The molecule has 0 spiro atoms. The highest BCUT2D eigenvalue weighted by atomic mass is 31.1. The van der Waals surface area contributed by atoms with Crippen molar-refractivity contribution in [3.05, 3.63) is 0 Å².